The van der Waals surface area contributed by atoms with Crippen molar-refractivity contribution < 1.29 is 18.0 Å². The van der Waals surface area contributed by atoms with Gasteiger partial charge in [-0.1, -0.05) is 42.5 Å². The molecule has 1 saturated heterocycles. The second-order valence-electron chi connectivity index (χ2n) is 6.91. The fourth-order valence-electron chi connectivity index (χ4n) is 3.27. The van der Waals surface area contributed by atoms with E-state index < -0.39 is 17.6 Å². The quantitative estimate of drug-likeness (QED) is 0.596. The van der Waals surface area contributed by atoms with Gasteiger partial charge in [0.1, 0.15) is 11.6 Å². The first kappa shape index (κ1) is 21.4. The zero-order valence-electron chi connectivity index (χ0n) is 16.2. The molecule has 0 saturated carbocycles. The summed E-state index contributed by atoms with van der Waals surface area (Å²) in [7, 11) is 0. The van der Waals surface area contributed by atoms with Crippen LogP contribution in [0.15, 0.2) is 66.4 Å². The second kappa shape index (κ2) is 9.46. The number of para-hydroxylation sites is 1. The Morgan fingerprint density at radius 1 is 1.03 bits per heavy atom. The number of carbonyl (C=O) groups is 1. The van der Waals surface area contributed by atoms with Gasteiger partial charge < -0.3 is 10.2 Å². The fourth-order valence-corrected chi connectivity index (χ4v) is 3.27. The highest BCUT2D eigenvalue weighted by Gasteiger charge is 2.33. The lowest BCUT2D eigenvalue weighted by atomic mass is 10.1. The van der Waals surface area contributed by atoms with Crippen LogP contribution in [0, 0.1) is 11.3 Å². The van der Waals surface area contributed by atoms with Gasteiger partial charge in [0, 0.05) is 38.9 Å². The summed E-state index contributed by atoms with van der Waals surface area (Å²) in [6.45, 7) is 2.99. The molecule has 1 N–H and O–H groups in total. The lowest BCUT2D eigenvalue weighted by Crippen LogP contribution is -2.48. The Hall–Kier alpha value is -3.31. The van der Waals surface area contributed by atoms with Gasteiger partial charge in [0.05, 0.1) is 11.3 Å². The molecule has 0 aromatic heterocycles. The van der Waals surface area contributed by atoms with Crippen molar-refractivity contribution in [2.75, 3.05) is 31.5 Å². The summed E-state index contributed by atoms with van der Waals surface area (Å²) >= 11 is 0. The number of carbonyl (C=O) groups excluding carboxylic acids is 1. The summed E-state index contributed by atoms with van der Waals surface area (Å²) in [4.78, 5) is 16.4. The first-order valence-corrected chi connectivity index (χ1v) is 9.47. The number of amides is 1. The molecule has 2 aromatic carbocycles. The molecule has 0 unspecified atom stereocenters. The van der Waals surface area contributed by atoms with Crippen molar-refractivity contribution in [2.24, 2.45) is 0 Å². The van der Waals surface area contributed by atoms with Crippen molar-refractivity contribution in [2.45, 2.75) is 12.7 Å². The molecule has 0 bridgehead atoms. The largest absolute Gasteiger partial charge is 0.418 e. The first-order valence-electron chi connectivity index (χ1n) is 9.47. The minimum absolute atomic E-state index is 0.210. The van der Waals surface area contributed by atoms with Crippen LogP contribution in [-0.4, -0.2) is 41.9 Å². The number of rotatable bonds is 5. The number of benzene rings is 2. The zero-order chi connectivity index (χ0) is 21.6. The summed E-state index contributed by atoms with van der Waals surface area (Å²) in [6.07, 6.45) is -3.49. The Bertz CT molecular complexity index is 943. The van der Waals surface area contributed by atoms with E-state index in [1.54, 1.807) is 11.0 Å². The summed E-state index contributed by atoms with van der Waals surface area (Å²) in [5.41, 5.74) is -0.121. The van der Waals surface area contributed by atoms with E-state index in [9.17, 15) is 23.2 Å². The van der Waals surface area contributed by atoms with Gasteiger partial charge in [-0.3, -0.25) is 9.69 Å². The number of halogens is 3. The molecule has 8 heteroatoms. The number of nitriles is 1. The molecule has 0 atom stereocenters. The number of alkyl halides is 3. The average Bonchev–Trinajstić information content (AvgIpc) is 2.75. The van der Waals surface area contributed by atoms with E-state index in [0.717, 1.165) is 18.8 Å². The molecular weight excluding hydrogens is 393 g/mol. The number of hydrogen-bond donors (Lipinski definition) is 1. The molecule has 1 aliphatic rings. The lowest BCUT2D eigenvalue weighted by molar-refractivity contribution is -0.137. The van der Waals surface area contributed by atoms with Gasteiger partial charge in [0.2, 0.25) is 0 Å². The third-order valence-electron chi connectivity index (χ3n) is 4.86. The van der Waals surface area contributed by atoms with Crippen molar-refractivity contribution in [1.82, 2.24) is 9.80 Å². The highest BCUT2D eigenvalue weighted by molar-refractivity contribution is 5.97. The molecule has 2 aromatic rings. The van der Waals surface area contributed by atoms with Crippen molar-refractivity contribution in [3.8, 4) is 6.07 Å². The van der Waals surface area contributed by atoms with Crippen LogP contribution in [0.2, 0.25) is 0 Å². The average molecular weight is 414 g/mol. The number of hydrogen-bond acceptors (Lipinski definition) is 4. The van der Waals surface area contributed by atoms with Gasteiger partial charge >= 0.3 is 6.18 Å². The normalized spacial score (nSPS) is 15.5. The Labute approximate surface area is 173 Å². The highest BCUT2D eigenvalue weighted by atomic mass is 19.4. The van der Waals surface area contributed by atoms with Gasteiger partial charge in [0.25, 0.3) is 5.91 Å². The Morgan fingerprint density at radius 3 is 2.30 bits per heavy atom. The lowest BCUT2D eigenvalue weighted by Gasteiger charge is -2.34. The van der Waals surface area contributed by atoms with Crippen molar-refractivity contribution in [3.05, 3.63) is 77.5 Å². The predicted molar refractivity (Wildman–Crippen MR) is 107 cm³/mol. The molecule has 30 heavy (non-hydrogen) atoms. The van der Waals surface area contributed by atoms with E-state index in [1.165, 1.54) is 23.8 Å². The summed E-state index contributed by atoms with van der Waals surface area (Å²) in [5.74, 6) is -0.492. The van der Waals surface area contributed by atoms with Gasteiger partial charge in [-0.2, -0.15) is 18.4 Å². The summed E-state index contributed by atoms with van der Waals surface area (Å²) < 4.78 is 39.3. The number of piperazine rings is 1. The van der Waals surface area contributed by atoms with E-state index in [4.69, 9.17) is 0 Å². The van der Waals surface area contributed by atoms with E-state index >= 15 is 0 Å². The molecular formula is C22H21F3N4O. The van der Waals surface area contributed by atoms with Crippen LogP contribution in [0.1, 0.15) is 11.1 Å². The molecule has 1 fully saturated rings. The number of anilines is 1. The minimum atomic E-state index is -4.54. The SMILES string of the molecule is N#C/C(=C/Nc1ccccc1C(F)(F)F)C(=O)N1CCN(Cc2ccccc2)CC1. The molecule has 1 aliphatic heterocycles. The molecule has 1 heterocycles. The zero-order valence-corrected chi connectivity index (χ0v) is 16.2. The summed E-state index contributed by atoms with van der Waals surface area (Å²) in [5, 5.41) is 11.8. The maximum absolute atomic E-state index is 13.1. The van der Waals surface area contributed by atoms with Crippen LogP contribution in [0.5, 0.6) is 0 Å². The Kier molecular flexibility index (Phi) is 6.75. The van der Waals surface area contributed by atoms with Crippen molar-refractivity contribution in [1.29, 1.82) is 5.26 Å². The van der Waals surface area contributed by atoms with Gasteiger partial charge in [-0.05, 0) is 17.7 Å². The van der Waals surface area contributed by atoms with Crippen LogP contribution in [0.4, 0.5) is 18.9 Å². The van der Waals surface area contributed by atoms with Crippen LogP contribution in [-0.2, 0) is 17.5 Å². The highest BCUT2D eigenvalue weighted by Crippen LogP contribution is 2.34. The predicted octanol–water partition coefficient (Wildman–Crippen LogP) is 3.87. The number of nitrogens with one attached hydrogen (secondary N) is 1. The standard InChI is InChI=1S/C22H21F3N4O/c23-22(24,25)19-8-4-5-9-20(19)27-15-18(14-26)21(30)29-12-10-28(11-13-29)16-17-6-2-1-3-7-17/h1-9,15,27H,10-13,16H2/b18-15-. The molecule has 0 aliphatic carbocycles. The maximum atomic E-state index is 13.1. The van der Waals surface area contributed by atoms with E-state index in [-0.39, 0.29) is 11.3 Å². The van der Waals surface area contributed by atoms with Gasteiger partial charge in [-0.25, -0.2) is 0 Å². The van der Waals surface area contributed by atoms with Gasteiger partial charge in [0.15, 0.2) is 0 Å². The molecule has 3 rings (SSSR count). The Balaban J connectivity index is 1.61. The number of nitrogens with zero attached hydrogens (tertiary/aromatic N) is 3. The third kappa shape index (κ3) is 5.39. The van der Waals surface area contributed by atoms with Crippen LogP contribution in [0.3, 0.4) is 0 Å². The van der Waals surface area contributed by atoms with Crippen LogP contribution >= 0.6 is 0 Å². The van der Waals surface area contributed by atoms with E-state index in [0.29, 0.717) is 26.2 Å². The first-order chi connectivity index (χ1) is 14.4. The maximum Gasteiger partial charge on any atom is 0.418 e. The van der Waals surface area contributed by atoms with Crippen molar-refractivity contribution >= 4 is 11.6 Å². The Morgan fingerprint density at radius 2 is 1.67 bits per heavy atom. The second-order valence-corrected chi connectivity index (χ2v) is 6.91. The van der Waals surface area contributed by atoms with E-state index in [2.05, 4.69) is 10.2 Å². The minimum Gasteiger partial charge on any atom is -0.360 e. The fraction of sp³-hybridized carbons (Fsp3) is 0.273. The molecule has 0 radical (unpaired) electrons. The third-order valence-corrected chi connectivity index (χ3v) is 4.86. The van der Waals surface area contributed by atoms with Crippen molar-refractivity contribution in [3.63, 3.8) is 0 Å². The van der Waals surface area contributed by atoms with Gasteiger partial charge in [-0.15, -0.1) is 0 Å². The van der Waals surface area contributed by atoms with Crippen LogP contribution < -0.4 is 5.32 Å². The smallest absolute Gasteiger partial charge is 0.360 e. The monoisotopic (exact) mass is 414 g/mol. The topological polar surface area (TPSA) is 59.4 Å². The van der Waals surface area contributed by atoms with E-state index in [1.807, 2.05) is 30.3 Å². The molecule has 1 amide bonds. The molecule has 0 spiro atoms. The molecule has 5 nitrogen and oxygen atoms in total. The summed E-state index contributed by atoms with van der Waals surface area (Å²) in [6, 6.07) is 16.7. The molecule has 156 valence electrons. The van der Waals surface area contributed by atoms with Crippen LogP contribution in [0.25, 0.3) is 0 Å².